The molecule has 0 aliphatic rings. The van der Waals surface area contributed by atoms with Crippen LogP contribution in [0.25, 0.3) is 0 Å². The van der Waals surface area contributed by atoms with Gasteiger partial charge in [-0.05, 0) is 24.2 Å². The van der Waals surface area contributed by atoms with Crippen LogP contribution in [0.1, 0.15) is 12.0 Å². The van der Waals surface area contributed by atoms with Gasteiger partial charge in [-0.15, -0.1) is 0 Å². The van der Waals surface area contributed by atoms with Crippen LogP contribution in [-0.2, 0) is 17.9 Å². The number of nitrogens with zero attached hydrogens (tertiary/aromatic N) is 2. The summed E-state index contributed by atoms with van der Waals surface area (Å²) in [4.78, 5) is 0. The second-order valence-electron chi connectivity index (χ2n) is 3.75. The number of ether oxygens (including phenoxy) is 1. The number of aromatic nitrogens is 3. The lowest BCUT2D eigenvalue weighted by molar-refractivity contribution is 0.115. The largest absolute Gasteiger partial charge is 0.377 e. The average Bonchev–Trinajstić information content (AvgIpc) is 2.76. The van der Waals surface area contributed by atoms with E-state index in [4.69, 9.17) is 17.0 Å². The zero-order valence-electron chi connectivity index (χ0n) is 9.50. The number of hydrogen-bond donors (Lipinski definition) is 1. The maximum absolute atomic E-state index is 5.58. The van der Waals surface area contributed by atoms with Crippen LogP contribution in [0.2, 0.25) is 0 Å². The highest BCUT2D eigenvalue weighted by Gasteiger charge is 1.95. The van der Waals surface area contributed by atoms with Gasteiger partial charge in [-0.25, -0.2) is 0 Å². The minimum Gasteiger partial charge on any atom is -0.377 e. The van der Waals surface area contributed by atoms with Gasteiger partial charge in [0.05, 0.1) is 6.61 Å². The van der Waals surface area contributed by atoms with Gasteiger partial charge in [0.25, 0.3) is 0 Å². The fraction of sp³-hybridized carbons (Fsp3) is 0.333. The fourth-order valence-corrected chi connectivity index (χ4v) is 1.72. The standard InChI is InChI=1S/C12H15N3OS/c17-12-14-13-10-15(12)7-4-8-16-9-11-5-2-1-3-6-11/h1-3,5-6,10H,4,7-9H2,(H,14,17). The van der Waals surface area contributed by atoms with Crippen molar-refractivity contribution in [1.29, 1.82) is 0 Å². The van der Waals surface area contributed by atoms with Crippen molar-refractivity contribution >= 4 is 12.2 Å². The van der Waals surface area contributed by atoms with Crippen molar-refractivity contribution in [3.63, 3.8) is 0 Å². The molecule has 1 heterocycles. The van der Waals surface area contributed by atoms with Gasteiger partial charge in [-0.1, -0.05) is 30.3 Å². The van der Waals surface area contributed by atoms with Crippen molar-refractivity contribution in [3.05, 3.63) is 47.0 Å². The molecule has 4 nitrogen and oxygen atoms in total. The zero-order chi connectivity index (χ0) is 11.9. The van der Waals surface area contributed by atoms with Crippen LogP contribution >= 0.6 is 12.2 Å². The molecule has 0 radical (unpaired) electrons. The Labute approximate surface area is 105 Å². The molecule has 0 aliphatic carbocycles. The normalized spacial score (nSPS) is 10.6. The van der Waals surface area contributed by atoms with Crippen LogP contribution in [0, 0.1) is 4.77 Å². The molecular formula is C12H15N3OS. The molecule has 0 saturated carbocycles. The van der Waals surface area contributed by atoms with Crippen molar-refractivity contribution in [3.8, 4) is 0 Å². The molecule has 0 fully saturated rings. The van der Waals surface area contributed by atoms with Crippen molar-refractivity contribution < 1.29 is 4.74 Å². The molecule has 0 atom stereocenters. The van der Waals surface area contributed by atoms with E-state index in [0.29, 0.717) is 11.4 Å². The first-order valence-electron chi connectivity index (χ1n) is 5.58. The summed E-state index contributed by atoms with van der Waals surface area (Å²) in [6.07, 6.45) is 2.64. The number of H-pyrrole nitrogens is 1. The smallest absolute Gasteiger partial charge is 0.194 e. The van der Waals surface area contributed by atoms with Crippen LogP contribution in [0.4, 0.5) is 0 Å². The first kappa shape index (κ1) is 12.0. The van der Waals surface area contributed by atoms with Gasteiger partial charge in [0, 0.05) is 13.2 Å². The van der Waals surface area contributed by atoms with Gasteiger partial charge in [-0.2, -0.15) is 5.10 Å². The van der Waals surface area contributed by atoms with Crippen LogP contribution in [0.5, 0.6) is 0 Å². The van der Waals surface area contributed by atoms with Crippen LogP contribution in [0.15, 0.2) is 36.7 Å². The Morgan fingerprint density at radius 3 is 2.82 bits per heavy atom. The molecular weight excluding hydrogens is 234 g/mol. The van der Waals surface area contributed by atoms with E-state index >= 15 is 0 Å². The Balaban J connectivity index is 1.64. The molecule has 0 saturated heterocycles. The molecule has 17 heavy (non-hydrogen) atoms. The summed E-state index contributed by atoms with van der Waals surface area (Å²) in [5, 5.41) is 6.58. The Bertz CT molecular complexity index is 492. The average molecular weight is 249 g/mol. The fourth-order valence-electron chi connectivity index (χ4n) is 1.53. The van der Waals surface area contributed by atoms with E-state index in [1.54, 1.807) is 6.33 Å². The van der Waals surface area contributed by atoms with Gasteiger partial charge in [0.15, 0.2) is 4.77 Å². The Kier molecular flexibility index (Phi) is 4.46. The summed E-state index contributed by atoms with van der Waals surface area (Å²) >= 11 is 5.04. The number of hydrogen-bond acceptors (Lipinski definition) is 3. The van der Waals surface area contributed by atoms with Crippen molar-refractivity contribution in [2.24, 2.45) is 0 Å². The van der Waals surface area contributed by atoms with Crippen molar-refractivity contribution in [2.45, 2.75) is 19.6 Å². The molecule has 0 bridgehead atoms. The van der Waals surface area contributed by atoms with Gasteiger partial charge >= 0.3 is 0 Å². The Hall–Kier alpha value is -1.46. The molecule has 0 spiro atoms. The van der Waals surface area contributed by atoms with E-state index in [9.17, 15) is 0 Å². The highest BCUT2D eigenvalue weighted by Crippen LogP contribution is 2.01. The van der Waals surface area contributed by atoms with E-state index < -0.39 is 0 Å². The number of benzene rings is 1. The molecule has 2 aromatic rings. The lowest BCUT2D eigenvalue weighted by Gasteiger charge is -2.04. The summed E-state index contributed by atoms with van der Waals surface area (Å²) in [5.41, 5.74) is 1.20. The third-order valence-corrected chi connectivity index (χ3v) is 2.74. The summed E-state index contributed by atoms with van der Waals surface area (Å²) in [6, 6.07) is 10.2. The zero-order valence-corrected chi connectivity index (χ0v) is 10.3. The van der Waals surface area contributed by atoms with E-state index in [0.717, 1.165) is 19.6 Å². The summed E-state index contributed by atoms with van der Waals surface area (Å²) in [5.74, 6) is 0. The first-order chi connectivity index (χ1) is 8.36. The number of aromatic amines is 1. The van der Waals surface area contributed by atoms with Crippen LogP contribution < -0.4 is 0 Å². The van der Waals surface area contributed by atoms with E-state index in [1.807, 2.05) is 22.8 Å². The minimum absolute atomic E-state index is 0.660. The molecule has 1 aromatic heterocycles. The predicted octanol–water partition coefficient (Wildman–Crippen LogP) is 2.55. The van der Waals surface area contributed by atoms with Gasteiger partial charge in [-0.3, -0.25) is 5.10 Å². The molecule has 0 aliphatic heterocycles. The summed E-state index contributed by atoms with van der Waals surface area (Å²) < 4.78 is 8.14. The predicted molar refractivity (Wildman–Crippen MR) is 68.1 cm³/mol. The molecule has 2 rings (SSSR count). The third kappa shape index (κ3) is 3.80. The second kappa shape index (κ2) is 6.32. The maximum Gasteiger partial charge on any atom is 0.194 e. The van der Waals surface area contributed by atoms with E-state index in [-0.39, 0.29) is 0 Å². The van der Waals surface area contributed by atoms with Crippen LogP contribution in [-0.4, -0.2) is 21.4 Å². The molecule has 90 valence electrons. The van der Waals surface area contributed by atoms with Gasteiger partial charge in [0.1, 0.15) is 6.33 Å². The highest BCUT2D eigenvalue weighted by molar-refractivity contribution is 7.71. The number of nitrogens with one attached hydrogen (secondary N) is 1. The Morgan fingerprint density at radius 2 is 2.12 bits per heavy atom. The SMILES string of the molecule is S=c1[nH]ncn1CCCOCc1ccccc1. The molecule has 0 amide bonds. The second-order valence-corrected chi connectivity index (χ2v) is 4.13. The highest BCUT2D eigenvalue weighted by atomic mass is 32.1. The van der Waals surface area contributed by atoms with Crippen LogP contribution in [0.3, 0.4) is 0 Å². The number of aryl methyl sites for hydroxylation is 1. The molecule has 1 aromatic carbocycles. The summed E-state index contributed by atoms with van der Waals surface area (Å²) in [6.45, 7) is 2.23. The van der Waals surface area contributed by atoms with Crippen molar-refractivity contribution in [1.82, 2.24) is 14.8 Å². The lowest BCUT2D eigenvalue weighted by Crippen LogP contribution is -2.02. The molecule has 5 heteroatoms. The third-order valence-electron chi connectivity index (χ3n) is 2.42. The number of rotatable bonds is 6. The maximum atomic E-state index is 5.58. The summed E-state index contributed by atoms with van der Waals surface area (Å²) in [7, 11) is 0. The monoisotopic (exact) mass is 249 g/mol. The topological polar surface area (TPSA) is 42.8 Å². The van der Waals surface area contributed by atoms with E-state index in [1.165, 1.54) is 5.56 Å². The van der Waals surface area contributed by atoms with Gasteiger partial charge in [0.2, 0.25) is 0 Å². The van der Waals surface area contributed by atoms with Crippen molar-refractivity contribution in [2.75, 3.05) is 6.61 Å². The Morgan fingerprint density at radius 1 is 1.29 bits per heavy atom. The first-order valence-corrected chi connectivity index (χ1v) is 5.98. The van der Waals surface area contributed by atoms with E-state index in [2.05, 4.69) is 22.3 Å². The minimum atomic E-state index is 0.660. The quantitative estimate of drug-likeness (QED) is 0.632. The lowest BCUT2D eigenvalue weighted by atomic mass is 10.2. The van der Waals surface area contributed by atoms with Gasteiger partial charge < -0.3 is 9.30 Å². The molecule has 0 unspecified atom stereocenters. The molecule has 1 N–H and O–H groups in total.